The maximum atomic E-state index is 3.59. The maximum absolute atomic E-state index is 3.59. The van der Waals surface area contributed by atoms with Gasteiger partial charge >= 0.3 is 0 Å². The quantitative estimate of drug-likeness (QED) is 0.799. The second-order valence-corrected chi connectivity index (χ2v) is 6.47. The summed E-state index contributed by atoms with van der Waals surface area (Å²) in [4.78, 5) is 0. The van der Waals surface area contributed by atoms with Crippen LogP contribution in [0, 0.1) is 11.8 Å². The molecule has 3 atom stereocenters. The van der Waals surface area contributed by atoms with Crippen LogP contribution in [0.2, 0.25) is 0 Å². The zero-order valence-corrected chi connectivity index (χ0v) is 13.5. The number of aryl methyl sites for hydroxylation is 1. The highest BCUT2D eigenvalue weighted by Gasteiger charge is 2.26. The third-order valence-corrected chi connectivity index (χ3v) is 5.23. The molecule has 0 spiro atoms. The van der Waals surface area contributed by atoms with Crippen molar-refractivity contribution >= 4 is 0 Å². The van der Waals surface area contributed by atoms with E-state index in [0.29, 0.717) is 6.04 Å². The van der Waals surface area contributed by atoms with Gasteiger partial charge in [0, 0.05) is 6.04 Å². The lowest BCUT2D eigenvalue weighted by Crippen LogP contribution is -2.38. The smallest absolute Gasteiger partial charge is 0.0133 e. The average Bonchev–Trinajstić information content (AvgIpc) is 2.53. The van der Waals surface area contributed by atoms with Crippen molar-refractivity contribution in [2.75, 3.05) is 7.05 Å². The molecule has 1 aromatic rings. The molecule has 1 N–H and O–H groups in total. The van der Waals surface area contributed by atoms with Gasteiger partial charge in [-0.3, -0.25) is 0 Å². The fraction of sp³-hybridized carbons (Fsp3) is 0.684. The zero-order valence-electron chi connectivity index (χ0n) is 13.5. The van der Waals surface area contributed by atoms with Gasteiger partial charge in [-0.1, -0.05) is 57.4 Å². The molecule has 0 aromatic heterocycles. The first-order chi connectivity index (χ1) is 9.76. The summed E-state index contributed by atoms with van der Waals surface area (Å²) in [5.41, 5.74) is 2.93. The van der Waals surface area contributed by atoms with Crippen LogP contribution in [0.1, 0.15) is 57.1 Å². The molecule has 1 nitrogen and oxygen atoms in total. The molecule has 1 aliphatic carbocycles. The van der Waals surface area contributed by atoms with Crippen LogP contribution in [0.5, 0.6) is 0 Å². The average molecular weight is 273 g/mol. The summed E-state index contributed by atoms with van der Waals surface area (Å²) in [5, 5.41) is 3.59. The highest BCUT2D eigenvalue weighted by molar-refractivity contribution is 5.23. The van der Waals surface area contributed by atoms with Crippen LogP contribution in [-0.4, -0.2) is 13.1 Å². The van der Waals surface area contributed by atoms with Crippen molar-refractivity contribution in [1.82, 2.24) is 5.32 Å². The molecule has 1 aromatic carbocycles. The minimum absolute atomic E-state index is 0.650. The van der Waals surface area contributed by atoms with E-state index in [-0.39, 0.29) is 0 Å². The summed E-state index contributed by atoms with van der Waals surface area (Å²) in [7, 11) is 2.14. The third kappa shape index (κ3) is 4.09. The van der Waals surface area contributed by atoms with Gasteiger partial charge < -0.3 is 5.32 Å². The molecule has 2 rings (SSSR count). The molecule has 0 bridgehead atoms. The van der Waals surface area contributed by atoms with Gasteiger partial charge in [-0.25, -0.2) is 0 Å². The van der Waals surface area contributed by atoms with E-state index in [1.54, 1.807) is 0 Å². The van der Waals surface area contributed by atoms with Crippen molar-refractivity contribution < 1.29 is 0 Å². The molecule has 1 heteroatoms. The Bertz CT molecular complexity index is 381. The van der Waals surface area contributed by atoms with Crippen molar-refractivity contribution in [2.24, 2.45) is 11.8 Å². The second-order valence-electron chi connectivity index (χ2n) is 6.47. The molecule has 0 saturated heterocycles. The van der Waals surface area contributed by atoms with E-state index in [4.69, 9.17) is 0 Å². The van der Waals surface area contributed by atoms with E-state index < -0.39 is 0 Å². The van der Waals surface area contributed by atoms with Crippen LogP contribution >= 0.6 is 0 Å². The molecule has 1 aliphatic rings. The van der Waals surface area contributed by atoms with E-state index in [1.807, 2.05) is 0 Å². The maximum Gasteiger partial charge on any atom is 0.0133 e. The summed E-state index contributed by atoms with van der Waals surface area (Å²) in [5.74, 6) is 1.83. The van der Waals surface area contributed by atoms with Crippen molar-refractivity contribution in [3.8, 4) is 0 Å². The number of benzene rings is 1. The lowest BCUT2D eigenvalue weighted by Gasteiger charge is -2.34. The first-order valence-electron chi connectivity index (χ1n) is 8.51. The molecule has 0 radical (unpaired) electrons. The molecule has 20 heavy (non-hydrogen) atoms. The summed E-state index contributed by atoms with van der Waals surface area (Å²) < 4.78 is 0. The minimum atomic E-state index is 0.650. The Hall–Kier alpha value is -0.820. The fourth-order valence-electron chi connectivity index (χ4n) is 3.74. The first-order valence-corrected chi connectivity index (χ1v) is 8.51. The van der Waals surface area contributed by atoms with Crippen LogP contribution in [-0.2, 0) is 12.8 Å². The monoisotopic (exact) mass is 273 g/mol. The Morgan fingerprint density at radius 2 is 1.80 bits per heavy atom. The van der Waals surface area contributed by atoms with Crippen molar-refractivity contribution in [1.29, 1.82) is 0 Å². The second kappa shape index (κ2) is 7.83. The Balaban J connectivity index is 1.96. The van der Waals surface area contributed by atoms with Crippen molar-refractivity contribution in [2.45, 2.75) is 64.8 Å². The van der Waals surface area contributed by atoms with Crippen LogP contribution < -0.4 is 5.32 Å². The molecule has 112 valence electrons. The zero-order chi connectivity index (χ0) is 14.4. The number of likely N-dealkylation sites (N-methyl/N-ethyl adjacent to an activating group) is 1. The Morgan fingerprint density at radius 3 is 2.40 bits per heavy atom. The molecule has 3 unspecified atom stereocenters. The number of nitrogens with one attached hydrogen (secondary N) is 1. The molecule has 0 heterocycles. The molecule has 1 fully saturated rings. The van der Waals surface area contributed by atoms with Crippen molar-refractivity contribution in [3.05, 3.63) is 35.4 Å². The lowest BCUT2D eigenvalue weighted by atomic mass is 9.75. The van der Waals surface area contributed by atoms with E-state index >= 15 is 0 Å². The predicted molar refractivity (Wildman–Crippen MR) is 88.1 cm³/mol. The van der Waals surface area contributed by atoms with Crippen LogP contribution in [0.3, 0.4) is 0 Å². The van der Waals surface area contributed by atoms with Crippen molar-refractivity contribution in [3.63, 3.8) is 0 Å². The summed E-state index contributed by atoms with van der Waals surface area (Å²) in [6.07, 6.45) is 9.39. The van der Waals surface area contributed by atoms with E-state index in [2.05, 4.69) is 50.5 Å². The van der Waals surface area contributed by atoms with Gasteiger partial charge in [0.05, 0.1) is 0 Å². The molecule has 1 saturated carbocycles. The Labute approximate surface area is 125 Å². The van der Waals surface area contributed by atoms with E-state index in [0.717, 1.165) is 18.3 Å². The number of hydrogen-bond acceptors (Lipinski definition) is 1. The largest absolute Gasteiger partial charge is 0.316 e. The summed E-state index contributed by atoms with van der Waals surface area (Å²) >= 11 is 0. The summed E-state index contributed by atoms with van der Waals surface area (Å²) in [6, 6.07) is 9.87. The Morgan fingerprint density at radius 1 is 1.10 bits per heavy atom. The van der Waals surface area contributed by atoms with Gasteiger partial charge in [0.15, 0.2) is 0 Å². The van der Waals surface area contributed by atoms with E-state index in [1.165, 1.54) is 49.7 Å². The molecule has 0 aliphatic heterocycles. The van der Waals surface area contributed by atoms with Gasteiger partial charge in [0.25, 0.3) is 0 Å². The van der Waals surface area contributed by atoms with Gasteiger partial charge in [0.1, 0.15) is 0 Å². The standard InChI is InChI=1S/C19H31N/c1-4-15-9-11-17(12-10-15)14-19(20-3)18-8-6-7-16(5-2)13-18/h9-12,16,18-20H,4-8,13-14H2,1-3H3. The first kappa shape index (κ1) is 15.6. The summed E-state index contributed by atoms with van der Waals surface area (Å²) in [6.45, 7) is 4.57. The Kier molecular flexibility index (Phi) is 6.09. The SMILES string of the molecule is CCc1ccc(CC(NC)C2CCCC(CC)C2)cc1. The van der Waals surface area contributed by atoms with Crippen LogP contribution in [0.15, 0.2) is 24.3 Å². The van der Waals surface area contributed by atoms with Gasteiger partial charge in [-0.2, -0.15) is 0 Å². The number of rotatable bonds is 6. The fourth-order valence-corrected chi connectivity index (χ4v) is 3.74. The van der Waals surface area contributed by atoms with Gasteiger partial charge in [0.2, 0.25) is 0 Å². The third-order valence-electron chi connectivity index (χ3n) is 5.23. The highest BCUT2D eigenvalue weighted by Crippen LogP contribution is 2.33. The lowest BCUT2D eigenvalue weighted by molar-refractivity contribution is 0.212. The normalized spacial score (nSPS) is 24.6. The van der Waals surface area contributed by atoms with E-state index in [9.17, 15) is 0 Å². The number of hydrogen-bond donors (Lipinski definition) is 1. The van der Waals surface area contributed by atoms with Gasteiger partial charge in [-0.15, -0.1) is 0 Å². The van der Waals surface area contributed by atoms with Gasteiger partial charge in [-0.05, 0) is 55.7 Å². The van der Waals surface area contributed by atoms with Crippen LogP contribution in [0.25, 0.3) is 0 Å². The topological polar surface area (TPSA) is 12.0 Å². The molecule has 0 amide bonds. The highest BCUT2D eigenvalue weighted by atomic mass is 14.9. The molecular weight excluding hydrogens is 242 g/mol. The molecular formula is C19H31N. The predicted octanol–water partition coefficient (Wildman–Crippen LogP) is 4.60. The minimum Gasteiger partial charge on any atom is -0.316 e. The van der Waals surface area contributed by atoms with Crippen LogP contribution in [0.4, 0.5) is 0 Å².